The summed E-state index contributed by atoms with van der Waals surface area (Å²) in [5.74, 6) is 0.403. The Balaban J connectivity index is 1.90. The molecule has 0 amide bonds. The second-order valence-corrected chi connectivity index (χ2v) is 8.69. The van der Waals surface area contributed by atoms with E-state index in [2.05, 4.69) is 79.7 Å². The van der Waals surface area contributed by atoms with Crippen LogP contribution in [0, 0.1) is 0 Å². The minimum absolute atomic E-state index is 0.261. The van der Waals surface area contributed by atoms with Gasteiger partial charge in [-0.2, -0.15) is 0 Å². The van der Waals surface area contributed by atoms with Gasteiger partial charge in [-0.05, 0) is 0 Å². The van der Waals surface area contributed by atoms with E-state index in [1.165, 1.54) is 31.2 Å². The number of hydrogen-bond acceptors (Lipinski definition) is 0. The fourth-order valence-electron chi connectivity index (χ4n) is 3.32. The molecule has 118 valence electrons. The molecule has 24 heavy (non-hydrogen) atoms. The van der Waals surface area contributed by atoms with Crippen LogP contribution < -0.4 is 4.46 Å². The van der Waals surface area contributed by atoms with E-state index >= 15 is 0 Å². The van der Waals surface area contributed by atoms with Crippen molar-refractivity contribution in [2.24, 2.45) is 0 Å². The standard InChI is InChI=1S/C22H17ClSe/c1-15-19-13-12-17(23)14-20(19)22(24-18-10-6-3-7-11-18)21(15)16-8-4-2-5-9-16/h2-15H,1H3. The molecule has 0 fully saturated rings. The summed E-state index contributed by atoms with van der Waals surface area (Å²) in [5.41, 5.74) is 5.51. The Morgan fingerprint density at radius 2 is 1.50 bits per heavy atom. The fourth-order valence-corrected chi connectivity index (χ4v) is 6.05. The van der Waals surface area contributed by atoms with Gasteiger partial charge in [-0.1, -0.05) is 0 Å². The second-order valence-electron chi connectivity index (χ2n) is 5.98. The van der Waals surface area contributed by atoms with Gasteiger partial charge in [0.2, 0.25) is 0 Å². The summed E-state index contributed by atoms with van der Waals surface area (Å²) in [7, 11) is 0. The van der Waals surface area contributed by atoms with Crippen LogP contribution in [0.25, 0.3) is 10.0 Å². The van der Waals surface area contributed by atoms with Crippen molar-refractivity contribution in [3.05, 3.63) is 101 Å². The van der Waals surface area contributed by atoms with E-state index in [1.54, 1.807) is 0 Å². The third kappa shape index (κ3) is 2.84. The number of hydrogen-bond donors (Lipinski definition) is 0. The Hall–Kier alpha value is -1.79. The van der Waals surface area contributed by atoms with Crippen LogP contribution in [0.15, 0.2) is 78.9 Å². The summed E-state index contributed by atoms with van der Waals surface area (Å²) in [6, 6.07) is 27.9. The first kappa shape index (κ1) is 15.7. The van der Waals surface area contributed by atoms with Gasteiger partial charge in [0.25, 0.3) is 0 Å². The molecule has 0 spiro atoms. The van der Waals surface area contributed by atoms with Gasteiger partial charge in [-0.15, -0.1) is 0 Å². The van der Waals surface area contributed by atoms with Crippen LogP contribution in [0.1, 0.15) is 29.5 Å². The van der Waals surface area contributed by atoms with Crippen molar-refractivity contribution in [1.29, 1.82) is 0 Å². The van der Waals surface area contributed by atoms with Gasteiger partial charge in [0.15, 0.2) is 0 Å². The monoisotopic (exact) mass is 396 g/mol. The van der Waals surface area contributed by atoms with Gasteiger partial charge in [0, 0.05) is 0 Å². The van der Waals surface area contributed by atoms with Crippen LogP contribution in [0.2, 0.25) is 5.02 Å². The van der Waals surface area contributed by atoms with E-state index in [0.717, 1.165) is 5.02 Å². The Labute approximate surface area is 154 Å². The molecule has 0 saturated heterocycles. The topological polar surface area (TPSA) is 0 Å². The third-order valence-corrected chi connectivity index (χ3v) is 7.10. The van der Waals surface area contributed by atoms with Crippen molar-refractivity contribution in [2.75, 3.05) is 0 Å². The summed E-state index contributed by atoms with van der Waals surface area (Å²) in [6.07, 6.45) is 0. The fraction of sp³-hybridized carbons (Fsp3) is 0.0909. The van der Waals surface area contributed by atoms with Crippen molar-refractivity contribution in [3.8, 4) is 0 Å². The van der Waals surface area contributed by atoms with E-state index in [0.29, 0.717) is 5.92 Å². The molecule has 1 aliphatic carbocycles. The molecule has 0 aliphatic heterocycles. The molecule has 0 saturated carbocycles. The van der Waals surface area contributed by atoms with E-state index in [9.17, 15) is 0 Å². The zero-order valence-corrected chi connectivity index (χ0v) is 15.8. The molecule has 3 aromatic rings. The first-order valence-corrected chi connectivity index (χ1v) is 10.2. The van der Waals surface area contributed by atoms with Crippen LogP contribution in [0.4, 0.5) is 0 Å². The quantitative estimate of drug-likeness (QED) is 0.524. The predicted octanol–water partition coefficient (Wildman–Crippen LogP) is 5.36. The molecule has 0 N–H and O–H groups in total. The number of halogens is 1. The van der Waals surface area contributed by atoms with Gasteiger partial charge in [-0.3, -0.25) is 0 Å². The number of fused-ring (bicyclic) bond motifs is 1. The van der Waals surface area contributed by atoms with Crippen LogP contribution in [0.5, 0.6) is 0 Å². The summed E-state index contributed by atoms with van der Waals surface area (Å²) < 4.78 is 2.86. The molecule has 0 radical (unpaired) electrons. The molecule has 0 heterocycles. The SMILES string of the molecule is CC1C(c2ccccc2)=C([Se]c2ccccc2)c2cc(Cl)ccc21. The van der Waals surface area contributed by atoms with Crippen molar-refractivity contribution in [3.63, 3.8) is 0 Å². The molecular formula is C22H17ClSe. The second kappa shape index (κ2) is 6.61. The summed E-state index contributed by atoms with van der Waals surface area (Å²) >= 11 is 6.58. The van der Waals surface area contributed by atoms with Crippen molar-refractivity contribution in [1.82, 2.24) is 0 Å². The van der Waals surface area contributed by atoms with E-state index in [-0.39, 0.29) is 15.0 Å². The molecule has 0 aromatic heterocycles. The van der Waals surface area contributed by atoms with Crippen LogP contribution in [-0.2, 0) is 0 Å². The van der Waals surface area contributed by atoms with Gasteiger partial charge in [-0.25, -0.2) is 0 Å². The van der Waals surface area contributed by atoms with Gasteiger partial charge in [0.05, 0.1) is 0 Å². The maximum absolute atomic E-state index is 6.32. The number of allylic oxidation sites excluding steroid dienone is 1. The van der Waals surface area contributed by atoms with Gasteiger partial charge in [0.1, 0.15) is 0 Å². The molecular weight excluding hydrogens is 379 g/mol. The van der Waals surface area contributed by atoms with Gasteiger partial charge >= 0.3 is 154 Å². The first-order chi connectivity index (χ1) is 11.7. The molecule has 3 aromatic carbocycles. The molecule has 4 rings (SSSR count). The Morgan fingerprint density at radius 3 is 2.21 bits per heavy atom. The maximum atomic E-state index is 6.32. The Morgan fingerprint density at radius 1 is 0.833 bits per heavy atom. The van der Waals surface area contributed by atoms with Gasteiger partial charge < -0.3 is 0 Å². The summed E-state index contributed by atoms with van der Waals surface area (Å²) in [5, 5.41) is 0.816. The zero-order chi connectivity index (χ0) is 16.5. The van der Waals surface area contributed by atoms with E-state index in [4.69, 9.17) is 11.6 Å². The molecule has 1 atom stereocenters. The predicted molar refractivity (Wildman–Crippen MR) is 105 cm³/mol. The summed E-state index contributed by atoms with van der Waals surface area (Å²) in [4.78, 5) is 0. The molecule has 0 bridgehead atoms. The molecule has 1 aliphatic rings. The molecule has 2 heteroatoms. The Bertz CT molecular complexity index is 898. The van der Waals surface area contributed by atoms with E-state index in [1.807, 2.05) is 6.07 Å². The molecule has 0 nitrogen and oxygen atoms in total. The zero-order valence-electron chi connectivity index (χ0n) is 13.4. The van der Waals surface area contributed by atoms with Crippen molar-refractivity contribution < 1.29 is 0 Å². The van der Waals surface area contributed by atoms with E-state index < -0.39 is 0 Å². The molecule has 1 unspecified atom stereocenters. The Kier molecular flexibility index (Phi) is 4.33. The van der Waals surface area contributed by atoms with Crippen LogP contribution in [0.3, 0.4) is 0 Å². The number of rotatable bonds is 3. The van der Waals surface area contributed by atoms with Crippen molar-refractivity contribution in [2.45, 2.75) is 12.8 Å². The normalized spacial score (nSPS) is 16.3. The van der Waals surface area contributed by atoms with Crippen LogP contribution in [-0.4, -0.2) is 15.0 Å². The third-order valence-electron chi connectivity index (χ3n) is 4.45. The first-order valence-electron chi connectivity index (χ1n) is 8.06. The average molecular weight is 396 g/mol. The number of benzene rings is 3. The van der Waals surface area contributed by atoms with Crippen molar-refractivity contribution >= 4 is 41.1 Å². The van der Waals surface area contributed by atoms with Crippen LogP contribution >= 0.6 is 11.6 Å². The average Bonchev–Trinajstić information content (AvgIpc) is 2.88. The minimum atomic E-state index is 0.261. The summed E-state index contributed by atoms with van der Waals surface area (Å²) in [6.45, 7) is 2.31.